The maximum atomic E-state index is 4.86. The zero-order valence-electron chi connectivity index (χ0n) is 14.2. The number of benzene rings is 2. The van der Waals surface area contributed by atoms with E-state index in [0.717, 1.165) is 17.9 Å². The molecular formula is C21H23N3. The van der Waals surface area contributed by atoms with Gasteiger partial charge < -0.3 is 5.32 Å². The summed E-state index contributed by atoms with van der Waals surface area (Å²) >= 11 is 0. The summed E-state index contributed by atoms with van der Waals surface area (Å²) in [7, 11) is 1.95. The highest BCUT2D eigenvalue weighted by atomic mass is 15.3. The van der Waals surface area contributed by atoms with Crippen molar-refractivity contribution in [3.63, 3.8) is 0 Å². The lowest BCUT2D eigenvalue weighted by Crippen LogP contribution is -2.16. The highest BCUT2D eigenvalue weighted by molar-refractivity contribution is 5.50. The molecule has 0 atom stereocenters. The first-order valence-electron chi connectivity index (χ1n) is 8.22. The molecule has 2 aromatic carbocycles. The van der Waals surface area contributed by atoms with Crippen LogP contribution in [0, 0.1) is 6.92 Å². The molecule has 3 nitrogen and oxygen atoms in total. The van der Waals surface area contributed by atoms with Crippen molar-refractivity contribution < 1.29 is 0 Å². The highest BCUT2D eigenvalue weighted by Gasteiger charge is 2.23. The van der Waals surface area contributed by atoms with Crippen LogP contribution in [0.1, 0.15) is 28.4 Å². The standard InChI is InChI=1S/C21H23N3/c1-4-11-19-16(2)23-24(21(19)22-3)20(17-12-7-5-8-13-17)18-14-9-6-10-15-18/h4-10,12-15,20,22H,1,11H2,2-3H3. The lowest BCUT2D eigenvalue weighted by atomic mass is 9.99. The minimum absolute atomic E-state index is 0.0344. The maximum Gasteiger partial charge on any atom is 0.128 e. The molecule has 0 spiro atoms. The predicted octanol–water partition coefficient (Wildman–Crippen LogP) is 4.60. The number of hydrogen-bond donors (Lipinski definition) is 1. The minimum atomic E-state index is 0.0344. The first-order chi connectivity index (χ1) is 11.8. The van der Waals surface area contributed by atoms with Crippen LogP contribution in [-0.4, -0.2) is 16.8 Å². The highest BCUT2D eigenvalue weighted by Crippen LogP contribution is 2.32. The molecule has 0 aliphatic rings. The van der Waals surface area contributed by atoms with Crippen LogP contribution in [0.3, 0.4) is 0 Å². The number of nitrogens with zero attached hydrogens (tertiary/aromatic N) is 2. The molecule has 0 unspecified atom stereocenters. The largest absolute Gasteiger partial charge is 0.373 e. The Hall–Kier alpha value is -2.81. The van der Waals surface area contributed by atoms with Crippen LogP contribution in [0.25, 0.3) is 0 Å². The molecule has 0 radical (unpaired) electrons. The molecule has 0 saturated heterocycles. The average molecular weight is 317 g/mol. The topological polar surface area (TPSA) is 29.9 Å². The molecule has 1 aromatic heterocycles. The minimum Gasteiger partial charge on any atom is -0.373 e. The Balaban J connectivity index is 2.20. The fourth-order valence-corrected chi connectivity index (χ4v) is 3.17. The van der Waals surface area contributed by atoms with Gasteiger partial charge in [-0.05, 0) is 24.5 Å². The molecule has 0 aliphatic heterocycles. The molecule has 3 heteroatoms. The Labute approximate surface area is 143 Å². The summed E-state index contributed by atoms with van der Waals surface area (Å²) in [5.74, 6) is 1.05. The fourth-order valence-electron chi connectivity index (χ4n) is 3.17. The number of aryl methyl sites for hydroxylation is 1. The van der Waals surface area contributed by atoms with Gasteiger partial charge in [-0.2, -0.15) is 5.10 Å². The van der Waals surface area contributed by atoms with Gasteiger partial charge in [0.15, 0.2) is 0 Å². The first kappa shape index (κ1) is 16.1. The maximum absolute atomic E-state index is 4.86. The molecule has 3 aromatic rings. The van der Waals surface area contributed by atoms with Gasteiger partial charge in [0.25, 0.3) is 0 Å². The van der Waals surface area contributed by atoms with E-state index in [9.17, 15) is 0 Å². The van der Waals surface area contributed by atoms with Crippen molar-refractivity contribution >= 4 is 5.82 Å². The van der Waals surface area contributed by atoms with E-state index in [1.807, 2.05) is 25.3 Å². The average Bonchev–Trinajstić information content (AvgIpc) is 2.93. The normalized spacial score (nSPS) is 10.8. The summed E-state index contributed by atoms with van der Waals surface area (Å²) < 4.78 is 2.10. The lowest BCUT2D eigenvalue weighted by molar-refractivity contribution is 0.597. The number of aromatic nitrogens is 2. The molecular weight excluding hydrogens is 294 g/mol. The van der Waals surface area contributed by atoms with Crippen molar-refractivity contribution in [1.82, 2.24) is 9.78 Å². The van der Waals surface area contributed by atoms with Gasteiger partial charge in [-0.15, -0.1) is 6.58 Å². The van der Waals surface area contributed by atoms with Gasteiger partial charge in [-0.25, -0.2) is 4.68 Å². The van der Waals surface area contributed by atoms with Crippen LogP contribution in [0.5, 0.6) is 0 Å². The second-order valence-electron chi connectivity index (χ2n) is 5.82. The molecule has 0 amide bonds. The molecule has 0 aliphatic carbocycles. The van der Waals surface area contributed by atoms with Crippen LogP contribution < -0.4 is 5.32 Å². The number of hydrogen-bond acceptors (Lipinski definition) is 2. The Morgan fingerprint density at radius 3 is 2.04 bits per heavy atom. The van der Waals surface area contributed by atoms with Crippen molar-refractivity contribution in [3.05, 3.63) is 95.7 Å². The number of allylic oxidation sites excluding steroid dienone is 1. The summed E-state index contributed by atoms with van der Waals surface area (Å²) in [6.45, 7) is 5.94. The van der Waals surface area contributed by atoms with Crippen LogP contribution in [-0.2, 0) is 6.42 Å². The molecule has 24 heavy (non-hydrogen) atoms. The van der Waals surface area contributed by atoms with Crippen LogP contribution in [0.15, 0.2) is 73.3 Å². The molecule has 0 saturated carbocycles. The molecule has 122 valence electrons. The zero-order chi connectivity index (χ0) is 16.9. The van der Waals surface area contributed by atoms with Gasteiger partial charge in [-0.1, -0.05) is 66.7 Å². The van der Waals surface area contributed by atoms with E-state index in [1.54, 1.807) is 0 Å². The third-order valence-corrected chi connectivity index (χ3v) is 4.27. The van der Waals surface area contributed by atoms with Crippen LogP contribution in [0.2, 0.25) is 0 Å². The van der Waals surface area contributed by atoms with E-state index in [0.29, 0.717) is 0 Å². The Morgan fingerprint density at radius 2 is 1.58 bits per heavy atom. The second kappa shape index (κ2) is 7.18. The smallest absolute Gasteiger partial charge is 0.128 e. The van der Waals surface area contributed by atoms with Gasteiger partial charge in [0, 0.05) is 12.6 Å². The van der Waals surface area contributed by atoms with Gasteiger partial charge in [0.1, 0.15) is 11.9 Å². The summed E-state index contributed by atoms with van der Waals surface area (Å²) in [5.41, 5.74) is 4.67. The fraction of sp³-hybridized carbons (Fsp3) is 0.190. The van der Waals surface area contributed by atoms with E-state index in [1.165, 1.54) is 16.7 Å². The SMILES string of the molecule is C=CCc1c(C)nn(C(c2ccccc2)c2ccccc2)c1NC. The Morgan fingerprint density at radius 1 is 1.04 bits per heavy atom. The summed E-state index contributed by atoms with van der Waals surface area (Å²) in [6, 6.07) is 21.0. The van der Waals surface area contributed by atoms with Gasteiger partial charge in [-0.3, -0.25) is 0 Å². The monoisotopic (exact) mass is 317 g/mol. The van der Waals surface area contributed by atoms with Gasteiger partial charge in [0.05, 0.1) is 5.69 Å². The van der Waals surface area contributed by atoms with Crippen molar-refractivity contribution in [2.45, 2.75) is 19.4 Å². The molecule has 1 N–H and O–H groups in total. The third-order valence-electron chi connectivity index (χ3n) is 4.27. The van der Waals surface area contributed by atoms with E-state index >= 15 is 0 Å². The van der Waals surface area contributed by atoms with Crippen molar-refractivity contribution in [1.29, 1.82) is 0 Å². The van der Waals surface area contributed by atoms with Gasteiger partial charge >= 0.3 is 0 Å². The third kappa shape index (κ3) is 2.98. The van der Waals surface area contributed by atoms with Crippen LogP contribution in [0.4, 0.5) is 5.82 Å². The van der Waals surface area contributed by atoms with Crippen molar-refractivity contribution in [3.8, 4) is 0 Å². The predicted molar refractivity (Wildman–Crippen MR) is 101 cm³/mol. The van der Waals surface area contributed by atoms with E-state index in [2.05, 4.69) is 72.0 Å². The molecule has 0 fully saturated rings. The quantitative estimate of drug-likeness (QED) is 0.673. The van der Waals surface area contributed by atoms with E-state index in [4.69, 9.17) is 5.10 Å². The zero-order valence-corrected chi connectivity index (χ0v) is 14.2. The molecule has 1 heterocycles. The van der Waals surface area contributed by atoms with E-state index in [-0.39, 0.29) is 6.04 Å². The summed E-state index contributed by atoms with van der Waals surface area (Å²) in [4.78, 5) is 0. The van der Waals surface area contributed by atoms with Crippen molar-refractivity contribution in [2.24, 2.45) is 0 Å². The second-order valence-corrected chi connectivity index (χ2v) is 5.82. The summed E-state index contributed by atoms with van der Waals surface area (Å²) in [5, 5.41) is 8.20. The van der Waals surface area contributed by atoms with Crippen molar-refractivity contribution in [2.75, 3.05) is 12.4 Å². The number of nitrogens with one attached hydrogen (secondary N) is 1. The number of anilines is 1. The number of rotatable bonds is 6. The Bertz CT molecular complexity index is 764. The lowest BCUT2D eigenvalue weighted by Gasteiger charge is -2.21. The van der Waals surface area contributed by atoms with Gasteiger partial charge in [0.2, 0.25) is 0 Å². The molecule has 0 bridgehead atoms. The Kier molecular flexibility index (Phi) is 4.80. The first-order valence-corrected chi connectivity index (χ1v) is 8.22. The molecule has 3 rings (SSSR count). The van der Waals surface area contributed by atoms with Crippen LogP contribution >= 0.6 is 0 Å². The van der Waals surface area contributed by atoms with E-state index < -0.39 is 0 Å². The summed E-state index contributed by atoms with van der Waals surface area (Å²) in [6.07, 6.45) is 2.73.